The number of hydrazone groups is 1. The second-order valence-corrected chi connectivity index (χ2v) is 8.66. The Morgan fingerprint density at radius 3 is 2.85 bits per heavy atom. The van der Waals surface area contributed by atoms with Crippen molar-refractivity contribution in [1.82, 2.24) is 25.7 Å². The first-order chi connectivity index (χ1) is 16.1. The molecule has 0 spiro atoms. The van der Waals surface area contributed by atoms with Crippen LogP contribution in [-0.2, 0) is 11.2 Å². The molecule has 1 amide bonds. The first-order valence-corrected chi connectivity index (χ1v) is 11.4. The smallest absolute Gasteiger partial charge is 0.254 e. The van der Waals surface area contributed by atoms with Gasteiger partial charge in [-0.05, 0) is 49.3 Å². The molecule has 5 rings (SSSR count). The molecule has 2 aromatic heterocycles. The molecule has 170 valence electrons. The van der Waals surface area contributed by atoms with Gasteiger partial charge >= 0.3 is 0 Å². The van der Waals surface area contributed by atoms with Gasteiger partial charge in [-0.3, -0.25) is 14.6 Å². The van der Waals surface area contributed by atoms with Gasteiger partial charge < -0.3 is 15.3 Å². The highest BCUT2D eigenvalue weighted by Crippen LogP contribution is 2.40. The zero-order valence-electron chi connectivity index (χ0n) is 18.5. The Labute approximate surface area is 191 Å². The van der Waals surface area contributed by atoms with Gasteiger partial charge in [-0.1, -0.05) is 12.8 Å². The Kier molecular flexibility index (Phi) is 5.77. The lowest BCUT2D eigenvalue weighted by atomic mass is 9.90. The van der Waals surface area contributed by atoms with E-state index in [0.717, 1.165) is 29.9 Å². The molecular weight excluding hydrogens is 418 g/mol. The van der Waals surface area contributed by atoms with Crippen molar-refractivity contribution in [2.45, 2.75) is 51.4 Å². The van der Waals surface area contributed by atoms with Gasteiger partial charge in [-0.15, -0.1) is 0 Å². The van der Waals surface area contributed by atoms with E-state index >= 15 is 0 Å². The van der Waals surface area contributed by atoms with Gasteiger partial charge in [0.1, 0.15) is 5.92 Å². The number of aromatic nitrogens is 3. The summed E-state index contributed by atoms with van der Waals surface area (Å²) in [6, 6.07) is 0. The van der Waals surface area contributed by atoms with Gasteiger partial charge in [0.25, 0.3) is 5.91 Å². The third-order valence-corrected chi connectivity index (χ3v) is 6.58. The number of ketones is 1. The van der Waals surface area contributed by atoms with E-state index in [-0.39, 0.29) is 11.7 Å². The lowest BCUT2D eigenvalue weighted by molar-refractivity contribution is -0.120. The minimum atomic E-state index is -0.523. The van der Waals surface area contributed by atoms with Gasteiger partial charge in [-0.2, -0.15) is 5.10 Å². The van der Waals surface area contributed by atoms with Gasteiger partial charge in [0.2, 0.25) is 0 Å². The number of nitrogens with one attached hydrogen (secondary N) is 4. The van der Waals surface area contributed by atoms with Gasteiger partial charge in [-0.25, -0.2) is 10.4 Å². The molecule has 33 heavy (non-hydrogen) atoms. The molecule has 0 aromatic carbocycles. The molecule has 0 radical (unpaired) electrons. The summed E-state index contributed by atoms with van der Waals surface area (Å²) < 4.78 is 0. The fraction of sp³-hybridized carbons (Fsp3) is 0.375. The van der Waals surface area contributed by atoms with Crippen molar-refractivity contribution in [2.75, 3.05) is 0 Å². The molecule has 1 atom stereocenters. The molecule has 1 saturated carbocycles. The SMILES string of the molecule is Cc1[nH]c(C=C2NC=CN=C2C2C=NNC2=O)c(C2CCCC2)c1CCC(=O)c1ncc[nH]1. The zero-order chi connectivity index (χ0) is 22.8. The fourth-order valence-electron chi connectivity index (χ4n) is 5.00. The van der Waals surface area contributed by atoms with Crippen LogP contribution in [0, 0.1) is 12.8 Å². The number of nitrogens with zero attached hydrogens (tertiary/aromatic N) is 3. The molecule has 4 N–H and O–H groups in total. The van der Waals surface area contributed by atoms with Crippen LogP contribution in [0.5, 0.6) is 0 Å². The summed E-state index contributed by atoms with van der Waals surface area (Å²) in [6.07, 6.45) is 16.0. The first kappa shape index (κ1) is 21.1. The second-order valence-electron chi connectivity index (χ2n) is 8.66. The quantitative estimate of drug-likeness (QED) is 0.488. The van der Waals surface area contributed by atoms with E-state index in [0.29, 0.717) is 30.3 Å². The van der Waals surface area contributed by atoms with Crippen LogP contribution < -0.4 is 10.7 Å². The van der Waals surface area contributed by atoms with Crippen LogP contribution in [0.15, 0.2) is 40.6 Å². The molecule has 1 aliphatic carbocycles. The fourth-order valence-corrected chi connectivity index (χ4v) is 5.00. The lowest BCUT2D eigenvalue weighted by Gasteiger charge is -2.18. The third kappa shape index (κ3) is 4.18. The maximum Gasteiger partial charge on any atom is 0.254 e. The van der Waals surface area contributed by atoms with E-state index in [1.807, 2.05) is 6.08 Å². The van der Waals surface area contributed by atoms with Crippen molar-refractivity contribution in [3.05, 3.63) is 58.8 Å². The highest BCUT2D eigenvalue weighted by Gasteiger charge is 2.31. The van der Waals surface area contributed by atoms with Crippen LogP contribution in [0.1, 0.15) is 71.2 Å². The topological polar surface area (TPSA) is 127 Å². The molecule has 9 nitrogen and oxygen atoms in total. The number of imidazole rings is 1. The minimum absolute atomic E-state index is 0.0120. The summed E-state index contributed by atoms with van der Waals surface area (Å²) in [5.74, 6) is 0.158. The number of aliphatic imine (C=N–C) groups is 1. The highest BCUT2D eigenvalue weighted by molar-refractivity contribution is 6.24. The number of carbonyl (C=O) groups is 2. The number of hydrogen-bond donors (Lipinski definition) is 4. The Morgan fingerprint density at radius 1 is 1.27 bits per heavy atom. The zero-order valence-corrected chi connectivity index (χ0v) is 18.5. The van der Waals surface area contributed by atoms with Crippen LogP contribution in [0.4, 0.5) is 0 Å². The van der Waals surface area contributed by atoms with Crippen molar-refractivity contribution in [2.24, 2.45) is 16.0 Å². The Hall–Kier alpha value is -3.75. The van der Waals surface area contributed by atoms with Crippen LogP contribution >= 0.6 is 0 Å². The minimum Gasteiger partial charge on any atom is -0.359 e. The Balaban J connectivity index is 1.48. The molecule has 0 saturated heterocycles. The van der Waals surface area contributed by atoms with Crippen LogP contribution in [-0.4, -0.2) is 38.6 Å². The molecule has 2 aliphatic heterocycles. The van der Waals surface area contributed by atoms with Gasteiger partial charge in [0.05, 0.1) is 11.4 Å². The summed E-state index contributed by atoms with van der Waals surface area (Å²) in [5, 5.41) is 7.14. The summed E-state index contributed by atoms with van der Waals surface area (Å²) in [7, 11) is 0. The second kappa shape index (κ2) is 9.01. The van der Waals surface area contributed by atoms with Crippen molar-refractivity contribution < 1.29 is 9.59 Å². The molecular formula is C24H27N7O2. The van der Waals surface area contributed by atoms with E-state index < -0.39 is 5.92 Å². The highest BCUT2D eigenvalue weighted by atomic mass is 16.2. The van der Waals surface area contributed by atoms with E-state index in [1.54, 1.807) is 31.0 Å². The van der Waals surface area contributed by atoms with Gasteiger partial charge in [0.15, 0.2) is 11.6 Å². The molecule has 3 aliphatic rings. The van der Waals surface area contributed by atoms with E-state index in [1.165, 1.54) is 24.0 Å². The van der Waals surface area contributed by atoms with Crippen molar-refractivity contribution in [3.63, 3.8) is 0 Å². The van der Waals surface area contributed by atoms with Crippen molar-refractivity contribution in [1.29, 1.82) is 0 Å². The normalized spacial score (nSPS) is 21.5. The molecule has 2 aromatic rings. The Bertz CT molecular complexity index is 1180. The van der Waals surface area contributed by atoms with Crippen molar-refractivity contribution in [3.8, 4) is 0 Å². The average Bonchev–Trinajstić information content (AvgIpc) is 3.61. The summed E-state index contributed by atoms with van der Waals surface area (Å²) >= 11 is 0. The number of rotatable bonds is 7. The number of carbonyl (C=O) groups excluding carboxylic acids is 2. The monoisotopic (exact) mass is 445 g/mol. The third-order valence-electron chi connectivity index (χ3n) is 6.58. The predicted molar refractivity (Wildman–Crippen MR) is 126 cm³/mol. The largest absolute Gasteiger partial charge is 0.359 e. The van der Waals surface area contributed by atoms with Crippen molar-refractivity contribution >= 4 is 29.7 Å². The average molecular weight is 446 g/mol. The molecule has 0 bridgehead atoms. The molecule has 4 heterocycles. The van der Waals surface area contributed by atoms with E-state index in [9.17, 15) is 9.59 Å². The number of allylic oxidation sites excluding steroid dienone is 1. The Morgan fingerprint density at radius 2 is 2.12 bits per heavy atom. The maximum atomic E-state index is 12.6. The standard InChI is InChI=1S/C24H27N7O2/c1-14-16(6-7-20(32)23-27-10-11-28-23)21(15-4-2-3-5-15)18(30-14)12-19-22(26-9-8-25-19)17-13-29-31-24(17)33/h8-13,15,17,25,30H,2-7H2,1H3,(H,27,28)(H,31,33). The van der Waals surface area contributed by atoms with Crippen LogP contribution in [0.3, 0.4) is 0 Å². The maximum absolute atomic E-state index is 12.6. The van der Waals surface area contributed by atoms with E-state index in [2.05, 4.69) is 42.7 Å². The first-order valence-electron chi connectivity index (χ1n) is 11.4. The summed E-state index contributed by atoms with van der Waals surface area (Å²) in [4.78, 5) is 39.8. The molecule has 1 fully saturated rings. The summed E-state index contributed by atoms with van der Waals surface area (Å²) in [5.41, 5.74) is 8.46. The van der Waals surface area contributed by atoms with Crippen LogP contribution in [0.25, 0.3) is 6.08 Å². The summed E-state index contributed by atoms with van der Waals surface area (Å²) in [6.45, 7) is 2.06. The number of Topliss-reactive ketones (excluding diaryl/α,β-unsaturated/α-hetero) is 1. The number of H-pyrrole nitrogens is 2. The van der Waals surface area contributed by atoms with Crippen LogP contribution in [0.2, 0.25) is 0 Å². The predicted octanol–water partition coefficient (Wildman–Crippen LogP) is 3.11. The molecule has 1 unspecified atom stereocenters. The number of amides is 1. The molecule has 9 heteroatoms. The lowest BCUT2D eigenvalue weighted by Crippen LogP contribution is -2.32. The number of hydrogen-bond acceptors (Lipinski definition) is 6. The number of aromatic amines is 2. The van der Waals surface area contributed by atoms with E-state index in [4.69, 9.17) is 0 Å². The van der Waals surface area contributed by atoms with Gasteiger partial charge in [0, 0.05) is 48.8 Å². The number of aryl methyl sites for hydroxylation is 1.